The predicted molar refractivity (Wildman–Crippen MR) is 90.0 cm³/mol. The molecule has 25 heavy (non-hydrogen) atoms. The Morgan fingerprint density at radius 3 is 3.08 bits per heavy atom. The lowest BCUT2D eigenvalue weighted by molar-refractivity contribution is 0.0188. The molecule has 1 aliphatic heterocycles. The van der Waals surface area contributed by atoms with Crippen LogP contribution in [0.1, 0.15) is 59.2 Å². The molecule has 1 aromatic carbocycles. The lowest BCUT2D eigenvalue weighted by Crippen LogP contribution is -2.43. The number of rotatable bonds is 4. The Morgan fingerprint density at radius 1 is 1.36 bits per heavy atom. The molecule has 132 valence electrons. The number of fused-ring (bicyclic) bond motifs is 1. The fourth-order valence-electron chi connectivity index (χ4n) is 3.83. The lowest BCUT2D eigenvalue weighted by atomic mass is 9.79. The molecule has 1 amide bonds. The van der Waals surface area contributed by atoms with Gasteiger partial charge in [-0.1, -0.05) is 24.3 Å². The number of oxazole rings is 1. The number of ether oxygens (including phenoxy) is 1. The van der Waals surface area contributed by atoms with Gasteiger partial charge in [0.05, 0.1) is 6.54 Å². The molecule has 1 saturated heterocycles. The molecule has 0 spiro atoms. The molecule has 1 aromatic heterocycles. The average Bonchev–Trinajstić information content (AvgIpc) is 3.31. The van der Waals surface area contributed by atoms with Crippen molar-refractivity contribution in [2.75, 3.05) is 13.2 Å². The summed E-state index contributed by atoms with van der Waals surface area (Å²) in [7, 11) is 0. The van der Waals surface area contributed by atoms with Crippen molar-refractivity contribution in [3.8, 4) is 0 Å². The van der Waals surface area contributed by atoms with Gasteiger partial charge < -0.3 is 19.6 Å². The third-order valence-electron chi connectivity index (χ3n) is 5.13. The van der Waals surface area contributed by atoms with E-state index < -0.39 is 5.60 Å². The highest BCUT2D eigenvalue weighted by molar-refractivity contribution is 5.93. The van der Waals surface area contributed by atoms with Crippen molar-refractivity contribution in [3.05, 3.63) is 53.2 Å². The van der Waals surface area contributed by atoms with Gasteiger partial charge in [0.25, 0.3) is 5.91 Å². The number of carbonyl (C=O) groups is 1. The molecule has 4 rings (SSSR count). The zero-order chi connectivity index (χ0) is 17.3. The summed E-state index contributed by atoms with van der Waals surface area (Å²) in [6.45, 7) is 0.823. The molecule has 2 N–H and O–H groups in total. The standard InChI is InChI=1S/C19H22N2O4/c22-18(16-17(25-12-21-16)15-8-4-10-24-15)20-11-19(23)9-3-6-13-5-1-2-7-14(13)19/h1-2,5,7,12,15,23H,3-4,6,8-11H2,(H,20,22). The molecule has 0 bridgehead atoms. The summed E-state index contributed by atoms with van der Waals surface area (Å²) in [5.41, 5.74) is 1.26. The minimum atomic E-state index is -1.04. The predicted octanol–water partition coefficient (Wildman–Crippen LogP) is 2.48. The van der Waals surface area contributed by atoms with E-state index in [1.165, 1.54) is 6.39 Å². The van der Waals surface area contributed by atoms with Crippen molar-refractivity contribution in [2.24, 2.45) is 0 Å². The molecule has 2 heterocycles. The molecular formula is C19H22N2O4. The topological polar surface area (TPSA) is 84.6 Å². The Bertz CT molecular complexity index is 766. The van der Waals surface area contributed by atoms with Gasteiger partial charge in [-0.2, -0.15) is 0 Å². The summed E-state index contributed by atoms with van der Waals surface area (Å²) < 4.78 is 11.0. The van der Waals surface area contributed by atoms with E-state index in [0.717, 1.165) is 36.8 Å². The van der Waals surface area contributed by atoms with Gasteiger partial charge in [-0.05, 0) is 43.2 Å². The van der Waals surface area contributed by atoms with Gasteiger partial charge in [0.15, 0.2) is 17.8 Å². The fourth-order valence-corrected chi connectivity index (χ4v) is 3.83. The molecule has 0 radical (unpaired) electrons. The Morgan fingerprint density at radius 2 is 2.24 bits per heavy atom. The van der Waals surface area contributed by atoms with Crippen molar-refractivity contribution in [1.82, 2.24) is 10.3 Å². The Hall–Kier alpha value is -2.18. The zero-order valence-corrected chi connectivity index (χ0v) is 14.0. The normalized spacial score (nSPS) is 25.6. The first-order valence-corrected chi connectivity index (χ1v) is 8.81. The molecule has 2 aliphatic rings. The van der Waals surface area contributed by atoms with Crippen LogP contribution in [0.3, 0.4) is 0 Å². The Labute approximate surface area is 146 Å². The van der Waals surface area contributed by atoms with Crippen LogP contribution in [0.25, 0.3) is 0 Å². The summed E-state index contributed by atoms with van der Waals surface area (Å²) in [6.07, 6.45) is 5.32. The number of hydrogen-bond donors (Lipinski definition) is 2. The third kappa shape index (κ3) is 3.07. The van der Waals surface area contributed by atoms with Crippen LogP contribution in [0.5, 0.6) is 0 Å². The monoisotopic (exact) mass is 342 g/mol. The van der Waals surface area contributed by atoms with E-state index >= 15 is 0 Å². The molecule has 6 nitrogen and oxygen atoms in total. The third-order valence-corrected chi connectivity index (χ3v) is 5.13. The van der Waals surface area contributed by atoms with Crippen LogP contribution in [-0.4, -0.2) is 29.1 Å². The lowest BCUT2D eigenvalue weighted by Gasteiger charge is -2.34. The van der Waals surface area contributed by atoms with Crippen LogP contribution in [-0.2, 0) is 16.8 Å². The maximum Gasteiger partial charge on any atom is 0.273 e. The highest BCUT2D eigenvalue weighted by Gasteiger charge is 2.35. The van der Waals surface area contributed by atoms with E-state index in [1.807, 2.05) is 24.3 Å². The number of hydrogen-bond acceptors (Lipinski definition) is 5. The van der Waals surface area contributed by atoms with E-state index in [0.29, 0.717) is 18.8 Å². The van der Waals surface area contributed by atoms with Crippen molar-refractivity contribution in [2.45, 2.75) is 43.8 Å². The molecule has 2 unspecified atom stereocenters. The Kier molecular flexibility index (Phi) is 4.31. The number of carbonyl (C=O) groups excluding carboxylic acids is 1. The summed E-state index contributed by atoms with van der Waals surface area (Å²) in [6, 6.07) is 7.87. The van der Waals surface area contributed by atoms with Crippen LogP contribution in [0, 0.1) is 0 Å². The molecule has 0 saturated carbocycles. The first-order chi connectivity index (χ1) is 12.2. The summed E-state index contributed by atoms with van der Waals surface area (Å²) in [5.74, 6) is 0.141. The van der Waals surface area contributed by atoms with Crippen molar-refractivity contribution >= 4 is 5.91 Å². The van der Waals surface area contributed by atoms with E-state index in [4.69, 9.17) is 9.15 Å². The number of benzene rings is 1. The van der Waals surface area contributed by atoms with Crippen LogP contribution in [0.4, 0.5) is 0 Å². The van der Waals surface area contributed by atoms with Crippen LogP contribution < -0.4 is 5.32 Å². The van der Waals surface area contributed by atoms with Gasteiger partial charge in [0, 0.05) is 6.61 Å². The van der Waals surface area contributed by atoms with Crippen molar-refractivity contribution < 1.29 is 19.1 Å². The van der Waals surface area contributed by atoms with Gasteiger partial charge in [-0.25, -0.2) is 4.98 Å². The second-order valence-corrected chi connectivity index (χ2v) is 6.79. The van der Waals surface area contributed by atoms with Gasteiger partial charge >= 0.3 is 0 Å². The summed E-state index contributed by atoms with van der Waals surface area (Å²) in [5, 5.41) is 13.9. The zero-order valence-electron chi connectivity index (χ0n) is 14.0. The van der Waals surface area contributed by atoms with Crippen molar-refractivity contribution in [3.63, 3.8) is 0 Å². The maximum absolute atomic E-state index is 12.6. The number of aryl methyl sites for hydroxylation is 1. The van der Waals surface area contributed by atoms with E-state index in [9.17, 15) is 9.90 Å². The number of aliphatic hydroxyl groups is 1. The maximum atomic E-state index is 12.6. The van der Waals surface area contributed by atoms with Gasteiger partial charge in [-0.3, -0.25) is 4.79 Å². The quantitative estimate of drug-likeness (QED) is 0.892. The number of amides is 1. The van der Waals surface area contributed by atoms with Crippen molar-refractivity contribution in [1.29, 1.82) is 0 Å². The second kappa shape index (κ2) is 6.61. The Balaban J connectivity index is 1.49. The summed E-state index contributed by atoms with van der Waals surface area (Å²) >= 11 is 0. The first-order valence-electron chi connectivity index (χ1n) is 8.81. The minimum Gasteiger partial charge on any atom is -0.445 e. The molecule has 2 atom stereocenters. The van der Waals surface area contributed by atoms with Gasteiger partial charge in [0.1, 0.15) is 11.7 Å². The SMILES string of the molecule is O=C(NCC1(O)CCCc2ccccc21)c1ncoc1C1CCCO1. The molecule has 2 aromatic rings. The second-order valence-electron chi connectivity index (χ2n) is 6.79. The molecule has 6 heteroatoms. The van der Waals surface area contributed by atoms with E-state index in [2.05, 4.69) is 10.3 Å². The number of nitrogens with one attached hydrogen (secondary N) is 1. The van der Waals surface area contributed by atoms with E-state index in [-0.39, 0.29) is 24.2 Å². The highest BCUT2D eigenvalue weighted by Crippen LogP contribution is 2.35. The fraction of sp³-hybridized carbons (Fsp3) is 0.474. The number of aromatic nitrogens is 1. The van der Waals surface area contributed by atoms with Gasteiger partial charge in [0.2, 0.25) is 0 Å². The summed E-state index contributed by atoms with van der Waals surface area (Å²) in [4.78, 5) is 16.6. The molecule has 1 fully saturated rings. The van der Waals surface area contributed by atoms with Gasteiger partial charge in [-0.15, -0.1) is 0 Å². The number of nitrogens with zero attached hydrogens (tertiary/aromatic N) is 1. The smallest absolute Gasteiger partial charge is 0.273 e. The highest BCUT2D eigenvalue weighted by atomic mass is 16.5. The minimum absolute atomic E-state index is 0.153. The average molecular weight is 342 g/mol. The van der Waals surface area contributed by atoms with Crippen LogP contribution in [0.15, 0.2) is 35.1 Å². The largest absolute Gasteiger partial charge is 0.445 e. The first kappa shape index (κ1) is 16.3. The van der Waals surface area contributed by atoms with Crippen LogP contribution >= 0.6 is 0 Å². The molecular weight excluding hydrogens is 320 g/mol. The molecule has 1 aliphatic carbocycles. The van der Waals surface area contributed by atoms with Crippen LogP contribution in [0.2, 0.25) is 0 Å². The van der Waals surface area contributed by atoms with E-state index in [1.54, 1.807) is 0 Å².